The number of aryl methyl sites for hydroxylation is 1. The van der Waals surface area contributed by atoms with Gasteiger partial charge in [-0.3, -0.25) is 0 Å². The molecule has 0 aliphatic rings. The topological polar surface area (TPSA) is 38.7 Å². The number of thiophene rings is 1. The molecule has 0 bridgehead atoms. The Morgan fingerprint density at radius 2 is 2.00 bits per heavy atom. The second kappa shape index (κ2) is 6.97. The molecule has 2 aromatic rings. The summed E-state index contributed by atoms with van der Waals surface area (Å²) in [7, 11) is 1.56. The van der Waals surface area contributed by atoms with Gasteiger partial charge in [-0.2, -0.15) is 0 Å². The maximum absolute atomic E-state index is 9.16. The van der Waals surface area contributed by atoms with Gasteiger partial charge in [-0.25, -0.2) is 0 Å². The van der Waals surface area contributed by atoms with Crippen LogP contribution >= 0.6 is 22.9 Å². The Balaban J connectivity index is 2.16. The van der Waals surface area contributed by atoms with Crippen molar-refractivity contribution in [2.24, 2.45) is 0 Å². The third kappa shape index (κ3) is 3.45. The summed E-state index contributed by atoms with van der Waals surface area (Å²) in [5, 5.41) is 9.60. The summed E-state index contributed by atoms with van der Waals surface area (Å²) >= 11 is 7.91. The van der Waals surface area contributed by atoms with Gasteiger partial charge in [0.05, 0.1) is 18.7 Å². The Morgan fingerprint density at radius 3 is 2.60 bits per heavy atom. The van der Waals surface area contributed by atoms with Gasteiger partial charge in [0.25, 0.3) is 0 Å². The van der Waals surface area contributed by atoms with Gasteiger partial charge in [0.2, 0.25) is 0 Å². The third-order valence-corrected chi connectivity index (χ3v) is 4.38. The fourth-order valence-corrected chi connectivity index (χ4v) is 3.00. The van der Waals surface area contributed by atoms with Crippen molar-refractivity contribution in [1.29, 1.82) is 0 Å². The van der Waals surface area contributed by atoms with E-state index in [1.807, 2.05) is 0 Å². The van der Waals surface area contributed by atoms with Gasteiger partial charge in [-0.1, -0.05) is 18.5 Å². The number of rotatable bonds is 6. The molecule has 20 heavy (non-hydrogen) atoms. The van der Waals surface area contributed by atoms with Crippen LogP contribution in [-0.4, -0.2) is 12.2 Å². The Morgan fingerprint density at radius 1 is 1.25 bits per heavy atom. The van der Waals surface area contributed by atoms with Crippen molar-refractivity contribution in [1.82, 2.24) is 0 Å². The summed E-state index contributed by atoms with van der Waals surface area (Å²) in [6.45, 7) is 2.50. The average Bonchev–Trinajstić information content (AvgIpc) is 2.93. The highest BCUT2D eigenvalue weighted by molar-refractivity contribution is 7.11. The number of hydrogen-bond donors (Lipinski definition) is 1. The van der Waals surface area contributed by atoms with Crippen LogP contribution < -0.4 is 9.47 Å². The summed E-state index contributed by atoms with van der Waals surface area (Å²) in [6.07, 6.45) is 1.03. The standard InChI is InChI=1S/C15H17ClO3S/c1-3-11-4-5-12(20-11)9-19-15-13(16)6-10(8-17)7-14(15)18-2/h4-7,17H,3,8-9H2,1-2H3. The van der Waals surface area contributed by atoms with E-state index in [-0.39, 0.29) is 6.61 Å². The summed E-state index contributed by atoms with van der Waals surface area (Å²) < 4.78 is 11.0. The van der Waals surface area contributed by atoms with Crippen molar-refractivity contribution < 1.29 is 14.6 Å². The van der Waals surface area contributed by atoms with Crippen LogP contribution in [0.25, 0.3) is 0 Å². The van der Waals surface area contributed by atoms with Crippen molar-refractivity contribution in [3.8, 4) is 11.5 Å². The summed E-state index contributed by atoms with van der Waals surface area (Å²) in [5.41, 5.74) is 0.698. The molecular weight excluding hydrogens is 296 g/mol. The average molecular weight is 313 g/mol. The van der Waals surface area contributed by atoms with Gasteiger partial charge in [-0.15, -0.1) is 11.3 Å². The lowest BCUT2D eigenvalue weighted by atomic mass is 10.2. The molecule has 1 aromatic carbocycles. The molecule has 1 heterocycles. The number of ether oxygens (including phenoxy) is 2. The fraction of sp³-hybridized carbons (Fsp3) is 0.333. The lowest BCUT2D eigenvalue weighted by Crippen LogP contribution is -1.98. The van der Waals surface area contributed by atoms with Crippen LogP contribution in [-0.2, 0) is 19.6 Å². The Bertz CT molecular complexity index is 580. The van der Waals surface area contributed by atoms with Crippen LogP contribution in [0.3, 0.4) is 0 Å². The van der Waals surface area contributed by atoms with Gasteiger partial charge in [-0.05, 0) is 36.2 Å². The minimum atomic E-state index is -0.0822. The number of aliphatic hydroxyl groups excluding tert-OH is 1. The first-order valence-corrected chi connectivity index (χ1v) is 7.55. The second-order valence-electron chi connectivity index (χ2n) is 4.28. The van der Waals surface area contributed by atoms with E-state index in [1.165, 1.54) is 4.88 Å². The van der Waals surface area contributed by atoms with Gasteiger partial charge >= 0.3 is 0 Å². The maximum Gasteiger partial charge on any atom is 0.180 e. The zero-order valence-electron chi connectivity index (χ0n) is 11.5. The molecule has 1 aromatic heterocycles. The molecule has 0 aliphatic carbocycles. The lowest BCUT2D eigenvalue weighted by Gasteiger charge is -2.13. The molecular formula is C15H17ClO3S. The molecule has 0 aliphatic heterocycles. The van der Waals surface area contributed by atoms with E-state index >= 15 is 0 Å². The number of methoxy groups -OCH3 is 1. The summed E-state index contributed by atoms with van der Waals surface area (Å²) in [5.74, 6) is 1.05. The van der Waals surface area contributed by atoms with Gasteiger partial charge < -0.3 is 14.6 Å². The molecule has 0 atom stereocenters. The largest absolute Gasteiger partial charge is 0.493 e. The van der Waals surface area contributed by atoms with E-state index in [0.29, 0.717) is 28.7 Å². The lowest BCUT2D eigenvalue weighted by molar-refractivity contribution is 0.275. The smallest absolute Gasteiger partial charge is 0.180 e. The zero-order chi connectivity index (χ0) is 14.5. The summed E-state index contributed by atoms with van der Waals surface area (Å²) in [6, 6.07) is 7.58. The highest BCUT2D eigenvalue weighted by Crippen LogP contribution is 2.37. The molecule has 0 radical (unpaired) electrons. The van der Waals surface area contributed by atoms with E-state index in [9.17, 15) is 0 Å². The van der Waals surface area contributed by atoms with E-state index < -0.39 is 0 Å². The van der Waals surface area contributed by atoms with E-state index in [4.69, 9.17) is 26.2 Å². The molecule has 0 spiro atoms. The molecule has 0 saturated heterocycles. The van der Waals surface area contributed by atoms with E-state index in [1.54, 1.807) is 30.6 Å². The summed E-state index contributed by atoms with van der Waals surface area (Å²) in [4.78, 5) is 2.48. The predicted molar refractivity (Wildman–Crippen MR) is 82.0 cm³/mol. The van der Waals surface area contributed by atoms with Gasteiger partial charge in [0.15, 0.2) is 11.5 Å². The van der Waals surface area contributed by atoms with Crippen molar-refractivity contribution >= 4 is 22.9 Å². The molecule has 0 fully saturated rings. The molecule has 3 nitrogen and oxygen atoms in total. The first-order chi connectivity index (χ1) is 9.67. The predicted octanol–water partition coefficient (Wildman–Crippen LogP) is 4.04. The highest BCUT2D eigenvalue weighted by Gasteiger charge is 2.12. The van der Waals surface area contributed by atoms with Crippen molar-refractivity contribution in [2.45, 2.75) is 26.6 Å². The van der Waals surface area contributed by atoms with Crippen LogP contribution in [0.15, 0.2) is 24.3 Å². The van der Waals surface area contributed by atoms with E-state index in [0.717, 1.165) is 11.3 Å². The number of hydrogen-bond acceptors (Lipinski definition) is 4. The van der Waals surface area contributed by atoms with E-state index in [2.05, 4.69) is 19.1 Å². The fourth-order valence-electron chi connectivity index (χ4n) is 1.84. The van der Waals surface area contributed by atoms with Crippen LogP contribution in [0.2, 0.25) is 5.02 Å². The van der Waals surface area contributed by atoms with Crippen molar-refractivity contribution in [2.75, 3.05) is 7.11 Å². The van der Waals surface area contributed by atoms with Crippen molar-refractivity contribution in [3.05, 3.63) is 44.6 Å². The molecule has 108 valence electrons. The normalized spacial score (nSPS) is 10.6. The highest BCUT2D eigenvalue weighted by atomic mass is 35.5. The van der Waals surface area contributed by atoms with Crippen LogP contribution in [0, 0.1) is 0 Å². The Labute approximate surface area is 127 Å². The Kier molecular flexibility index (Phi) is 5.29. The molecule has 0 amide bonds. The van der Waals surface area contributed by atoms with Crippen LogP contribution in [0.5, 0.6) is 11.5 Å². The number of halogens is 1. The molecule has 2 rings (SSSR count). The number of aliphatic hydroxyl groups is 1. The Hall–Kier alpha value is -1.23. The minimum absolute atomic E-state index is 0.0822. The first-order valence-electron chi connectivity index (χ1n) is 6.35. The quantitative estimate of drug-likeness (QED) is 0.874. The molecule has 1 N–H and O–H groups in total. The monoisotopic (exact) mass is 312 g/mol. The molecule has 5 heteroatoms. The van der Waals surface area contributed by atoms with Crippen LogP contribution in [0.4, 0.5) is 0 Å². The van der Waals surface area contributed by atoms with Gasteiger partial charge in [0, 0.05) is 9.75 Å². The zero-order valence-corrected chi connectivity index (χ0v) is 13.1. The number of benzene rings is 1. The van der Waals surface area contributed by atoms with Gasteiger partial charge in [0.1, 0.15) is 6.61 Å². The van der Waals surface area contributed by atoms with Crippen LogP contribution in [0.1, 0.15) is 22.2 Å². The SMILES string of the molecule is CCc1ccc(COc2c(Cl)cc(CO)cc2OC)s1. The minimum Gasteiger partial charge on any atom is -0.493 e. The molecule has 0 unspecified atom stereocenters. The van der Waals surface area contributed by atoms with Crippen molar-refractivity contribution in [3.63, 3.8) is 0 Å². The third-order valence-electron chi connectivity index (χ3n) is 2.90. The first kappa shape index (κ1) is 15.2. The second-order valence-corrected chi connectivity index (χ2v) is 5.94. The maximum atomic E-state index is 9.16. The molecule has 0 saturated carbocycles.